The Labute approximate surface area is 144 Å². The summed E-state index contributed by atoms with van der Waals surface area (Å²) in [6.45, 7) is 3.98. The zero-order valence-corrected chi connectivity index (χ0v) is 13.7. The first-order valence-corrected chi connectivity index (χ1v) is 8.28. The zero-order valence-electron chi connectivity index (χ0n) is 13.7. The molecule has 25 heavy (non-hydrogen) atoms. The second kappa shape index (κ2) is 6.60. The van der Waals surface area contributed by atoms with Gasteiger partial charge in [-0.15, -0.1) is 0 Å². The van der Waals surface area contributed by atoms with Gasteiger partial charge in [0.05, 0.1) is 0 Å². The van der Waals surface area contributed by atoms with Gasteiger partial charge in [-0.05, 0) is 23.8 Å². The van der Waals surface area contributed by atoms with E-state index in [2.05, 4.69) is 9.88 Å². The maximum atomic E-state index is 12.5. The number of pyridine rings is 1. The van der Waals surface area contributed by atoms with Crippen LogP contribution in [0.25, 0.3) is 0 Å². The number of nitrogens with zero attached hydrogens (tertiary/aromatic N) is 2. The van der Waals surface area contributed by atoms with E-state index in [9.17, 15) is 9.59 Å². The first-order chi connectivity index (χ1) is 12.2. The molecular formula is C18H19N3O4. The summed E-state index contributed by atoms with van der Waals surface area (Å²) in [4.78, 5) is 30.5. The van der Waals surface area contributed by atoms with Gasteiger partial charge in [0.2, 0.25) is 12.4 Å². The molecule has 7 nitrogen and oxygen atoms in total. The van der Waals surface area contributed by atoms with Gasteiger partial charge in [-0.2, -0.15) is 0 Å². The van der Waals surface area contributed by atoms with E-state index in [1.54, 1.807) is 11.0 Å². The number of amides is 1. The lowest BCUT2D eigenvalue weighted by atomic mass is 10.1. The fourth-order valence-corrected chi connectivity index (χ4v) is 3.17. The number of piperazine rings is 1. The van der Waals surface area contributed by atoms with Crippen LogP contribution in [0.3, 0.4) is 0 Å². The van der Waals surface area contributed by atoms with E-state index in [1.807, 2.05) is 18.2 Å². The first kappa shape index (κ1) is 15.7. The van der Waals surface area contributed by atoms with Crippen LogP contribution in [0.5, 0.6) is 11.5 Å². The van der Waals surface area contributed by atoms with Crippen LogP contribution >= 0.6 is 0 Å². The largest absolute Gasteiger partial charge is 0.454 e. The molecule has 0 bridgehead atoms. The number of carbonyl (C=O) groups excluding carboxylic acids is 1. The number of rotatable bonds is 3. The van der Waals surface area contributed by atoms with Crippen molar-refractivity contribution >= 4 is 5.91 Å². The predicted octanol–water partition coefficient (Wildman–Crippen LogP) is 1.06. The molecule has 0 radical (unpaired) electrons. The Morgan fingerprint density at radius 2 is 1.84 bits per heavy atom. The normalized spacial score (nSPS) is 16.9. The Bertz CT molecular complexity index is 840. The first-order valence-electron chi connectivity index (χ1n) is 8.28. The predicted molar refractivity (Wildman–Crippen MR) is 90.8 cm³/mol. The molecule has 1 aromatic heterocycles. The number of carbonyl (C=O) groups is 1. The molecule has 130 valence electrons. The van der Waals surface area contributed by atoms with Crippen molar-refractivity contribution in [2.45, 2.75) is 6.54 Å². The highest BCUT2D eigenvalue weighted by molar-refractivity contribution is 5.94. The maximum absolute atomic E-state index is 12.5. The molecule has 2 aromatic rings. The van der Waals surface area contributed by atoms with Crippen LogP contribution in [-0.4, -0.2) is 53.7 Å². The lowest BCUT2D eigenvalue weighted by Gasteiger charge is -2.34. The molecule has 1 N–H and O–H groups in total. The molecule has 2 aliphatic rings. The van der Waals surface area contributed by atoms with Gasteiger partial charge in [0.25, 0.3) is 5.91 Å². The third-order valence-electron chi connectivity index (χ3n) is 4.52. The Hall–Kier alpha value is -2.80. The maximum Gasteiger partial charge on any atom is 0.254 e. The van der Waals surface area contributed by atoms with Gasteiger partial charge in [0.1, 0.15) is 0 Å². The smallest absolute Gasteiger partial charge is 0.254 e. The Morgan fingerprint density at radius 3 is 2.64 bits per heavy atom. The number of aromatic amines is 1. The Balaban J connectivity index is 1.35. The lowest BCUT2D eigenvalue weighted by Crippen LogP contribution is -2.48. The molecule has 0 saturated carbocycles. The van der Waals surface area contributed by atoms with Crippen LogP contribution < -0.4 is 15.0 Å². The minimum atomic E-state index is -0.257. The molecule has 1 fully saturated rings. The van der Waals surface area contributed by atoms with E-state index in [4.69, 9.17) is 9.47 Å². The number of fused-ring (bicyclic) bond motifs is 1. The van der Waals surface area contributed by atoms with E-state index >= 15 is 0 Å². The number of hydrogen-bond acceptors (Lipinski definition) is 5. The average Bonchev–Trinajstić information content (AvgIpc) is 3.09. The van der Waals surface area contributed by atoms with Gasteiger partial charge in [-0.1, -0.05) is 6.07 Å². The molecule has 2 aliphatic heterocycles. The molecule has 1 amide bonds. The number of hydrogen-bond donors (Lipinski definition) is 1. The lowest BCUT2D eigenvalue weighted by molar-refractivity contribution is 0.0628. The summed E-state index contributed by atoms with van der Waals surface area (Å²) in [5.41, 5.74) is 1.35. The SMILES string of the molecule is O=C(c1cc[nH]c(=O)c1)N1CCN(Cc2ccc3c(c2)OCO3)CC1. The molecule has 1 saturated heterocycles. The van der Waals surface area contributed by atoms with E-state index < -0.39 is 0 Å². The van der Waals surface area contributed by atoms with E-state index in [0.717, 1.165) is 31.1 Å². The van der Waals surface area contributed by atoms with Gasteiger partial charge in [-0.25, -0.2) is 0 Å². The Morgan fingerprint density at radius 1 is 1.04 bits per heavy atom. The Kier molecular flexibility index (Phi) is 4.15. The summed E-state index contributed by atoms with van der Waals surface area (Å²) in [6, 6.07) is 8.98. The second-order valence-electron chi connectivity index (χ2n) is 6.20. The van der Waals surface area contributed by atoms with Gasteiger partial charge in [0, 0.05) is 50.6 Å². The fraction of sp³-hybridized carbons (Fsp3) is 0.333. The van der Waals surface area contributed by atoms with Crippen molar-refractivity contribution < 1.29 is 14.3 Å². The van der Waals surface area contributed by atoms with Crippen LogP contribution in [0.4, 0.5) is 0 Å². The van der Waals surface area contributed by atoms with E-state index in [0.29, 0.717) is 18.7 Å². The molecule has 1 aromatic carbocycles. The number of aromatic nitrogens is 1. The molecule has 3 heterocycles. The van der Waals surface area contributed by atoms with Crippen molar-refractivity contribution in [1.29, 1.82) is 0 Å². The summed E-state index contributed by atoms with van der Waals surface area (Å²) in [6.07, 6.45) is 1.51. The molecule has 0 atom stereocenters. The monoisotopic (exact) mass is 341 g/mol. The average molecular weight is 341 g/mol. The number of ether oxygens (including phenoxy) is 2. The minimum Gasteiger partial charge on any atom is -0.454 e. The van der Waals surface area contributed by atoms with E-state index in [-0.39, 0.29) is 18.3 Å². The standard InChI is InChI=1S/C18H19N3O4/c22-17-10-14(3-4-19-17)18(23)21-7-5-20(6-8-21)11-13-1-2-15-16(9-13)25-12-24-15/h1-4,9-10H,5-8,11-12H2,(H,19,22). The molecule has 0 unspecified atom stereocenters. The van der Waals surface area contributed by atoms with Gasteiger partial charge >= 0.3 is 0 Å². The third-order valence-corrected chi connectivity index (χ3v) is 4.52. The minimum absolute atomic E-state index is 0.0890. The van der Waals surface area contributed by atoms with Crippen LogP contribution in [0.1, 0.15) is 15.9 Å². The van der Waals surface area contributed by atoms with Gasteiger partial charge < -0.3 is 19.4 Å². The highest BCUT2D eigenvalue weighted by Crippen LogP contribution is 2.32. The fourth-order valence-electron chi connectivity index (χ4n) is 3.17. The van der Waals surface area contributed by atoms with Crippen molar-refractivity contribution in [3.63, 3.8) is 0 Å². The molecule has 7 heteroatoms. The molecule has 0 spiro atoms. The van der Waals surface area contributed by atoms with Crippen molar-refractivity contribution in [1.82, 2.24) is 14.8 Å². The van der Waals surface area contributed by atoms with Crippen molar-refractivity contribution in [3.8, 4) is 11.5 Å². The summed E-state index contributed by atoms with van der Waals surface area (Å²) >= 11 is 0. The summed E-state index contributed by atoms with van der Waals surface area (Å²) < 4.78 is 10.7. The van der Waals surface area contributed by atoms with E-state index in [1.165, 1.54) is 17.8 Å². The molecule has 4 rings (SSSR count). The van der Waals surface area contributed by atoms with Crippen molar-refractivity contribution in [3.05, 3.63) is 58.0 Å². The second-order valence-corrected chi connectivity index (χ2v) is 6.20. The third kappa shape index (κ3) is 3.36. The van der Waals surface area contributed by atoms with Crippen LogP contribution in [0, 0.1) is 0 Å². The summed E-state index contributed by atoms with van der Waals surface area (Å²) in [5.74, 6) is 1.49. The molecule has 0 aliphatic carbocycles. The van der Waals surface area contributed by atoms with Crippen LogP contribution in [0.15, 0.2) is 41.3 Å². The molecular weight excluding hydrogens is 322 g/mol. The summed E-state index contributed by atoms with van der Waals surface area (Å²) in [7, 11) is 0. The number of benzene rings is 1. The van der Waals surface area contributed by atoms with Crippen molar-refractivity contribution in [2.24, 2.45) is 0 Å². The summed E-state index contributed by atoms with van der Waals surface area (Å²) in [5, 5.41) is 0. The van der Waals surface area contributed by atoms with Crippen LogP contribution in [0.2, 0.25) is 0 Å². The highest BCUT2D eigenvalue weighted by atomic mass is 16.7. The number of nitrogens with one attached hydrogen (secondary N) is 1. The van der Waals surface area contributed by atoms with Crippen LogP contribution in [-0.2, 0) is 6.54 Å². The van der Waals surface area contributed by atoms with Crippen molar-refractivity contribution in [2.75, 3.05) is 33.0 Å². The van der Waals surface area contributed by atoms with Gasteiger partial charge in [-0.3, -0.25) is 14.5 Å². The number of H-pyrrole nitrogens is 1. The van der Waals surface area contributed by atoms with Gasteiger partial charge in [0.15, 0.2) is 11.5 Å². The zero-order chi connectivity index (χ0) is 17.2. The quantitative estimate of drug-likeness (QED) is 0.904. The topological polar surface area (TPSA) is 74.9 Å². The highest BCUT2D eigenvalue weighted by Gasteiger charge is 2.23.